The Kier molecular flexibility index (Phi) is 5.37. The van der Waals surface area contributed by atoms with Gasteiger partial charge in [-0.3, -0.25) is 14.8 Å². The van der Waals surface area contributed by atoms with Crippen molar-refractivity contribution < 1.29 is 19.4 Å². The highest BCUT2D eigenvalue weighted by Crippen LogP contribution is 2.36. The maximum Gasteiger partial charge on any atom is 0.322 e. The van der Waals surface area contributed by atoms with E-state index < -0.39 is 17.5 Å². The summed E-state index contributed by atoms with van der Waals surface area (Å²) in [6, 6.07) is 18.8. The summed E-state index contributed by atoms with van der Waals surface area (Å²) in [6.45, 7) is 4.20. The summed E-state index contributed by atoms with van der Waals surface area (Å²) in [5.41, 5.74) is 2.27. The maximum atomic E-state index is 13.2. The predicted octanol–water partition coefficient (Wildman–Crippen LogP) is 4.69. The van der Waals surface area contributed by atoms with Gasteiger partial charge in [-0.1, -0.05) is 30.3 Å². The number of nitrogens with zero attached hydrogens (tertiary/aromatic N) is 3. The highest BCUT2D eigenvalue weighted by atomic mass is 16.5. The molecule has 3 aromatic carbocycles. The van der Waals surface area contributed by atoms with Crippen molar-refractivity contribution >= 4 is 33.6 Å². The minimum atomic E-state index is -1.39. The largest absolute Gasteiger partial charge is 0.497 e. The Bertz CT molecular complexity index is 1720. The molecule has 0 spiro atoms. The van der Waals surface area contributed by atoms with E-state index in [-0.39, 0.29) is 18.5 Å². The minimum absolute atomic E-state index is 0.00704. The first-order chi connectivity index (χ1) is 18.3. The zero-order chi connectivity index (χ0) is 26.6. The molecule has 0 saturated carbocycles. The van der Waals surface area contributed by atoms with Gasteiger partial charge in [-0.15, -0.1) is 0 Å². The standard InChI is InChI=1S/C29H27N5O4/c1-17(2)34-25-11-7-19(12-21(25)14-30-34)18-4-8-22(9-5-18)29(27(36)31-28(37)32-29)16-33-15-20-6-10-23(38-3)13-24(20)26(33)35/h4-15,17,35H,16H2,1-3H3,(H2,31,32,36,37)/t29-/m0/s1. The third-order valence-corrected chi connectivity index (χ3v) is 7.21. The van der Waals surface area contributed by atoms with Crippen molar-refractivity contribution in [2.75, 3.05) is 7.11 Å². The van der Waals surface area contributed by atoms with Gasteiger partial charge in [0.25, 0.3) is 5.91 Å². The summed E-state index contributed by atoms with van der Waals surface area (Å²) in [7, 11) is 1.56. The smallest absolute Gasteiger partial charge is 0.322 e. The van der Waals surface area contributed by atoms with Gasteiger partial charge in [-0.2, -0.15) is 5.10 Å². The summed E-state index contributed by atoms with van der Waals surface area (Å²) in [5, 5.41) is 23.0. The van der Waals surface area contributed by atoms with E-state index in [1.54, 1.807) is 30.0 Å². The quantitative estimate of drug-likeness (QED) is 0.288. The van der Waals surface area contributed by atoms with Crippen molar-refractivity contribution in [3.8, 4) is 22.8 Å². The Morgan fingerprint density at radius 3 is 2.45 bits per heavy atom. The number of aromatic nitrogens is 3. The van der Waals surface area contributed by atoms with Gasteiger partial charge >= 0.3 is 6.03 Å². The van der Waals surface area contributed by atoms with Crippen LogP contribution in [0.4, 0.5) is 4.79 Å². The first-order valence-corrected chi connectivity index (χ1v) is 12.4. The summed E-state index contributed by atoms with van der Waals surface area (Å²) in [5.74, 6) is 0.115. The van der Waals surface area contributed by atoms with Crippen molar-refractivity contribution in [2.24, 2.45) is 0 Å². The molecule has 3 heterocycles. The van der Waals surface area contributed by atoms with E-state index in [1.165, 1.54) is 0 Å². The Balaban J connectivity index is 1.37. The molecule has 1 atom stereocenters. The molecule has 0 aliphatic carbocycles. The molecule has 1 aliphatic rings. The normalized spacial score (nSPS) is 17.4. The zero-order valence-electron chi connectivity index (χ0n) is 21.2. The second kappa shape index (κ2) is 8.65. The van der Waals surface area contributed by atoms with Crippen LogP contribution >= 0.6 is 0 Å². The number of fused-ring (bicyclic) bond motifs is 2. The lowest BCUT2D eigenvalue weighted by molar-refractivity contribution is -0.124. The summed E-state index contributed by atoms with van der Waals surface area (Å²) in [4.78, 5) is 25.5. The second-order valence-corrected chi connectivity index (χ2v) is 9.88. The van der Waals surface area contributed by atoms with Gasteiger partial charge in [0.1, 0.15) is 5.75 Å². The second-order valence-electron chi connectivity index (χ2n) is 9.88. The molecule has 38 heavy (non-hydrogen) atoms. The molecule has 9 heteroatoms. The van der Waals surface area contributed by atoms with Crippen molar-refractivity contribution in [3.63, 3.8) is 0 Å². The van der Waals surface area contributed by atoms with Gasteiger partial charge in [-0.05, 0) is 60.9 Å². The summed E-state index contributed by atoms with van der Waals surface area (Å²) in [6.07, 6.45) is 3.62. The van der Waals surface area contributed by atoms with Crippen LogP contribution in [0.2, 0.25) is 0 Å². The van der Waals surface area contributed by atoms with E-state index in [1.807, 2.05) is 41.2 Å². The Morgan fingerprint density at radius 1 is 1.00 bits per heavy atom. The first kappa shape index (κ1) is 23.6. The van der Waals surface area contributed by atoms with E-state index in [0.717, 1.165) is 27.4 Å². The van der Waals surface area contributed by atoms with Crippen molar-refractivity contribution in [3.05, 3.63) is 78.6 Å². The minimum Gasteiger partial charge on any atom is -0.497 e. The molecule has 5 aromatic rings. The van der Waals surface area contributed by atoms with Gasteiger partial charge in [0.2, 0.25) is 0 Å². The summed E-state index contributed by atoms with van der Waals surface area (Å²) < 4.78 is 8.84. The number of nitrogens with one attached hydrogen (secondary N) is 2. The molecule has 1 aliphatic heterocycles. The Morgan fingerprint density at radius 2 is 1.76 bits per heavy atom. The van der Waals surface area contributed by atoms with E-state index in [2.05, 4.69) is 47.8 Å². The summed E-state index contributed by atoms with van der Waals surface area (Å²) >= 11 is 0. The van der Waals surface area contributed by atoms with Crippen molar-refractivity contribution in [1.29, 1.82) is 0 Å². The lowest BCUT2D eigenvalue weighted by Gasteiger charge is -2.27. The molecular weight excluding hydrogens is 482 g/mol. The number of hydrogen-bond acceptors (Lipinski definition) is 5. The molecule has 3 amide bonds. The third-order valence-electron chi connectivity index (χ3n) is 7.21. The number of rotatable bonds is 6. The fraction of sp³-hybridized carbons (Fsp3) is 0.207. The Labute approximate surface area is 218 Å². The van der Waals surface area contributed by atoms with Crippen LogP contribution in [0, 0.1) is 0 Å². The van der Waals surface area contributed by atoms with E-state index >= 15 is 0 Å². The third kappa shape index (κ3) is 3.66. The molecule has 6 rings (SSSR count). The average molecular weight is 510 g/mol. The van der Waals surface area contributed by atoms with Crippen LogP contribution in [-0.2, 0) is 16.9 Å². The molecular formula is C29H27N5O4. The topological polar surface area (TPSA) is 110 Å². The number of carbonyl (C=O) groups excluding carboxylic acids is 2. The molecule has 1 fully saturated rings. The van der Waals surface area contributed by atoms with Crippen LogP contribution < -0.4 is 15.4 Å². The number of imide groups is 1. The van der Waals surface area contributed by atoms with Gasteiger partial charge < -0.3 is 19.7 Å². The molecule has 3 N–H and O–H groups in total. The molecule has 0 unspecified atom stereocenters. The monoisotopic (exact) mass is 509 g/mol. The highest BCUT2D eigenvalue weighted by molar-refractivity contribution is 6.07. The van der Waals surface area contributed by atoms with Crippen LogP contribution in [0.15, 0.2) is 73.1 Å². The number of methoxy groups -OCH3 is 1. The number of ether oxygens (including phenoxy) is 1. The molecule has 0 radical (unpaired) electrons. The first-order valence-electron chi connectivity index (χ1n) is 12.4. The molecule has 2 aromatic heterocycles. The van der Waals surface area contributed by atoms with Crippen molar-refractivity contribution in [2.45, 2.75) is 32.0 Å². The van der Waals surface area contributed by atoms with E-state index in [9.17, 15) is 14.7 Å². The SMILES string of the molecule is COc1ccc2cn(C[C@@]3(c4ccc(-c5ccc6c(cnn6C(C)C)c5)cc4)NC(=O)NC3=O)c(O)c2c1. The lowest BCUT2D eigenvalue weighted by Crippen LogP contribution is -2.47. The maximum absolute atomic E-state index is 13.2. The van der Waals surface area contributed by atoms with Crippen molar-refractivity contribution in [1.82, 2.24) is 25.0 Å². The molecule has 9 nitrogen and oxygen atoms in total. The number of amides is 3. The fourth-order valence-electron chi connectivity index (χ4n) is 5.22. The van der Waals surface area contributed by atoms with Crippen LogP contribution in [0.1, 0.15) is 25.5 Å². The molecule has 192 valence electrons. The Hall–Kier alpha value is -4.79. The van der Waals surface area contributed by atoms with Crippen LogP contribution in [0.3, 0.4) is 0 Å². The lowest BCUT2D eigenvalue weighted by atomic mass is 9.88. The number of carbonyl (C=O) groups is 2. The number of benzene rings is 3. The zero-order valence-corrected chi connectivity index (χ0v) is 21.2. The van der Waals surface area contributed by atoms with E-state index in [0.29, 0.717) is 16.7 Å². The molecule has 0 bridgehead atoms. The number of aromatic hydroxyl groups is 1. The predicted molar refractivity (Wildman–Crippen MR) is 144 cm³/mol. The fourth-order valence-corrected chi connectivity index (χ4v) is 5.22. The number of hydrogen-bond donors (Lipinski definition) is 3. The number of urea groups is 1. The van der Waals surface area contributed by atoms with Gasteiger partial charge in [0, 0.05) is 28.4 Å². The van der Waals surface area contributed by atoms with Crippen LogP contribution in [-0.4, -0.2) is 38.5 Å². The van der Waals surface area contributed by atoms with E-state index in [4.69, 9.17) is 4.74 Å². The average Bonchev–Trinajstić information content (AvgIpc) is 3.57. The highest BCUT2D eigenvalue weighted by Gasteiger charge is 2.48. The van der Waals surface area contributed by atoms with Gasteiger partial charge in [-0.25, -0.2) is 4.79 Å². The van der Waals surface area contributed by atoms with Gasteiger partial charge in [0.05, 0.1) is 25.4 Å². The van der Waals surface area contributed by atoms with Crippen LogP contribution in [0.5, 0.6) is 11.6 Å². The molecule has 1 saturated heterocycles. The van der Waals surface area contributed by atoms with Crippen LogP contribution in [0.25, 0.3) is 32.8 Å². The van der Waals surface area contributed by atoms with Gasteiger partial charge in [0.15, 0.2) is 11.4 Å².